The molecule has 1 heterocycles. The smallest absolute Gasteiger partial charge is 0.0953 e. The second-order valence-corrected chi connectivity index (χ2v) is 4.93. The van der Waals surface area contributed by atoms with Gasteiger partial charge in [-0.3, -0.25) is 0 Å². The average molecular weight is 258 g/mol. The van der Waals surface area contributed by atoms with Crippen LogP contribution in [0, 0.1) is 0 Å². The molecule has 3 nitrogen and oxygen atoms in total. The van der Waals surface area contributed by atoms with Crippen molar-refractivity contribution in [2.45, 2.75) is 19.4 Å². The van der Waals surface area contributed by atoms with Gasteiger partial charge in [-0.1, -0.05) is 19.1 Å². The van der Waals surface area contributed by atoms with Gasteiger partial charge >= 0.3 is 0 Å². The topological polar surface area (TPSA) is 28.4 Å². The quantitative estimate of drug-likeness (QED) is 0.860. The van der Waals surface area contributed by atoms with Crippen molar-refractivity contribution in [1.29, 1.82) is 0 Å². The van der Waals surface area contributed by atoms with Gasteiger partial charge in [-0.2, -0.15) is 0 Å². The molecule has 0 saturated heterocycles. The molecule has 1 unspecified atom stereocenters. The van der Waals surface area contributed by atoms with Crippen molar-refractivity contribution in [2.24, 2.45) is 0 Å². The lowest BCUT2D eigenvalue weighted by molar-refractivity contribution is 0.548. The molecule has 0 bridgehead atoms. The molecule has 19 heavy (non-hydrogen) atoms. The lowest BCUT2D eigenvalue weighted by Crippen LogP contribution is -2.22. The van der Waals surface area contributed by atoms with Crippen molar-refractivity contribution in [2.75, 3.05) is 25.5 Å². The summed E-state index contributed by atoms with van der Waals surface area (Å²) in [5.74, 6) is 0. The van der Waals surface area contributed by atoms with Crippen LogP contribution in [0.5, 0.6) is 0 Å². The summed E-state index contributed by atoms with van der Waals surface area (Å²) in [5, 5.41) is 3.56. The summed E-state index contributed by atoms with van der Waals surface area (Å²) in [4.78, 5) is 2.11. The summed E-state index contributed by atoms with van der Waals surface area (Å²) in [6, 6.07) is 10.9. The van der Waals surface area contributed by atoms with Gasteiger partial charge in [0.15, 0.2) is 0 Å². The van der Waals surface area contributed by atoms with Crippen LogP contribution in [0.4, 0.5) is 5.69 Å². The Hall–Kier alpha value is -1.74. The van der Waals surface area contributed by atoms with Crippen LogP contribution in [-0.4, -0.2) is 20.6 Å². The molecule has 0 amide bonds. The van der Waals surface area contributed by atoms with E-state index in [1.165, 1.54) is 16.8 Å². The normalized spacial score (nSPS) is 12.4. The Kier molecular flexibility index (Phi) is 4.63. The van der Waals surface area contributed by atoms with Gasteiger partial charge < -0.3 is 14.6 Å². The molecule has 0 saturated carbocycles. The third kappa shape index (κ3) is 3.38. The molecule has 1 aromatic heterocycles. The zero-order chi connectivity index (χ0) is 13.7. The zero-order valence-corrected chi connectivity index (χ0v) is 11.9. The summed E-state index contributed by atoms with van der Waals surface area (Å²) < 4.78 is 5.21. The molecular formula is C16H22N2O. The van der Waals surface area contributed by atoms with Gasteiger partial charge in [0, 0.05) is 25.3 Å². The third-order valence-electron chi connectivity index (χ3n) is 3.22. The molecule has 3 heteroatoms. The van der Waals surface area contributed by atoms with Crippen LogP contribution in [-0.2, 0) is 0 Å². The zero-order valence-electron chi connectivity index (χ0n) is 11.9. The summed E-state index contributed by atoms with van der Waals surface area (Å²) >= 11 is 0. The number of rotatable bonds is 6. The van der Waals surface area contributed by atoms with Gasteiger partial charge in [0.05, 0.1) is 18.6 Å². The standard InChI is InChI=1S/C16H22N2O/c1-4-10-17-16(14-9-11-19-12-14)13-5-7-15(8-6-13)18(2)3/h5-9,11-12,16-17H,4,10H2,1-3H3. The fourth-order valence-electron chi connectivity index (χ4n) is 2.12. The lowest BCUT2D eigenvalue weighted by Gasteiger charge is -2.19. The molecule has 2 aromatic rings. The SMILES string of the molecule is CCCNC(c1ccc(N(C)C)cc1)c1ccoc1. The minimum Gasteiger partial charge on any atom is -0.472 e. The Bertz CT molecular complexity index is 474. The second-order valence-electron chi connectivity index (χ2n) is 4.93. The molecule has 0 aliphatic rings. The molecular weight excluding hydrogens is 236 g/mol. The lowest BCUT2D eigenvalue weighted by atomic mass is 10.0. The molecule has 102 valence electrons. The van der Waals surface area contributed by atoms with Crippen LogP contribution in [0.15, 0.2) is 47.3 Å². The van der Waals surface area contributed by atoms with Gasteiger partial charge in [0.25, 0.3) is 0 Å². The first kappa shape index (κ1) is 13.7. The van der Waals surface area contributed by atoms with Crippen LogP contribution >= 0.6 is 0 Å². The van der Waals surface area contributed by atoms with Crippen molar-refractivity contribution in [3.05, 3.63) is 54.0 Å². The second kappa shape index (κ2) is 6.43. The van der Waals surface area contributed by atoms with Crippen molar-refractivity contribution in [3.8, 4) is 0 Å². The number of furan rings is 1. The Labute approximate surface area is 115 Å². The number of hydrogen-bond donors (Lipinski definition) is 1. The van der Waals surface area contributed by atoms with Crippen molar-refractivity contribution in [1.82, 2.24) is 5.32 Å². The van der Waals surface area contributed by atoms with E-state index in [1.807, 2.05) is 12.3 Å². The molecule has 0 aliphatic heterocycles. The van der Waals surface area contributed by atoms with Crippen LogP contribution in [0.3, 0.4) is 0 Å². The molecule has 1 atom stereocenters. The maximum atomic E-state index is 5.21. The molecule has 0 fully saturated rings. The number of benzene rings is 1. The number of nitrogens with zero attached hydrogens (tertiary/aromatic N) is 1. The highest BCUT2D eigenvalue weighted by Crippen LogP contribution is 2.24. The molecule has 1 N–H and O–H groups in total. The Morgan fingerprint density at radius 2 is 1.84 bits per heavy atom. The van der Waals surface area contributed by atoms with Crippen LogP contribution in [0.1, 0.15) is 30.5 Å². The summed E-state index contributed by atoms with van der Waals surface area (Å²) in [6.07, 6.45) is 4.65. The van der Waals surface area contributed by atoms with E-state index in [-0.39, 0.29) is 6.04 Å². The number of anilines is 1. The van der Waals surface area contributed by atoms with E-state index < -0.39 is 0 Å². The Morgan fingerprint density at radius 1 is 1.11 bits per heavy atom. The van der Waals surface area contributed by atoms with Crippen molar-refractivity contribution < 1.29 is 4.42 Å². The summed E-state index contributed by atoms with van der Waals surface area (Å²) in [5.41, 5.74) is 3.65. The van der Waals surface area contributed by atoms with E-state index in [9.17, 15) is 0 Å². The first-order valence-electron chi connectivity index (χ1n) is 6.75. The molecule has 2 rings (SSSR count). The largest absolute Gasteiger partial charge is 0.472 e. The fraction of sp³-hybridized carbons (Fsp3) is 0.375. The highest BCUT2D eigenvalue weighted by Gasteiger charge is 2.14. The minimum atomic E-state index is 0.204. The molecule has 0 spiro atoms. The van der Waals surface area contributed by atoms with Gasteiger partial charge in [-0.05, 0) is 36.7 Å². The van der Waals surface area contributed by atoms with Gasteiger partial charge in [0.1, 0.15) is 0 Å². The molecule has 0 radical (unpaired) electrons. The van der Waals surface area contributed by atoms with Crippen molar-refractivity contribution >= 4 is 5.69 Å². The van der Waals surface area contributed by atoms with E-state index in [0.29, 0.717) is 0 Å². The average Bonchev–Trinajstić information content (AvgIpc) is 2.94. The maximum absolute atomic E-state index is 5.21. The molecule has 0 aliphatic carbocycles. The highest BCUT2D eigenvalue weighted by atomic mass is 16.3. The minimum absolute atomic E-state index is 0.204. The highest BCUT2D eigenvalue weighted by molar-refractivity contribution is 5.47. The first-order chi connectivity index (χ1) is 9.22. The monoisotopic (exact) mass is 258 g/mol. The number of nitrogens with one attached hydrogen (secondary N) is 1. The van der Waals surface area contributed by atoms with Crippen LogP contribution < -0.4 is 10.2 Å². The molecule has 1 aromatic carbocycles. The van der Waals surface area contributed by atoms with E-state index in [4.69, 9.17) is 4.42 Å². The number of hydrogen-bond acceptors (Lipinski definition) is 3. The van der Waals surface area contributed by atoms with Crippen LogP contribution in [0.25, 0.3) is 0 Å². The third-order valence-corrected chi connectivity index (χ3v) is 3.22. The first-order valence-corrected chi connectivity index (χ1v) is 6.75. The Balaban J connectivity index is 2.22. The Morgan fingerprint density at radius 3 is 2.37 bits per heavy atom. The summed E-state index contributed by atoms with van der Waals surface area (Å²) in [7, 11) is 4.11. The predicted molar refractivity (Wildman–Crippen MR) is 79.6 cm³/mol. The maximum Gasteiger partial charge on any atom is 0.0953 e. The van der Waals surface area contributed by atoms with Gasteiger partial charge in [0.2, 0.25) is 0 Å². The van der Waals surface area contributed by atoms with Crippen LogP contribution in [0.2, 0.25) is 0 Å². The van der Waals surface area contributed by atoms with Gasteiger partial charge in [-0.15, -0.1) is 0 Å². The van der Waals surface area contributed by atoms with E-state index in [0.717, 1.165) is 13.0 Å². The predicted octanol–water partition coefficient (Wildman–Crippen LogP) is 3.43. The fourth-order valence-corrected chi connectivity index (χ4v) is 2.12. The van der Waals surface area contributed by atoms with Gasteiger partial charge in [-0.25, -0.2) is 0 Å². The van der Waals surface area contributed by atoms with E-state index in [2.05, 4.69) is 55.5 Å². The van der Waals surface area contributed by atoms with E-state index in [1.54, 1.807) is 6.26 Å². The van der Waals surface area contributed by atoms with Crippen molar-refractivity contribution in [3.63, 3.8) is 0 Å². The van der Waals surface area contributed by atoms with E-state index >= 15 is 0 Å². The summed E-state index contributed by atoms with van der Waals surface area (Å²) in [6.45, 7) is 3.17.